The molecule has 0 bridgehead atoms. The van der Waals surface area contributed by atoms with Gasteiger partial charge in [0.05, 0.1) is 47.3 Å². The van der Waals surface area contributed by atoms with E-state index in [9.17, 15) is 14.9 Å². The Bertz CT molecular complexity index is 1000. The van der Waals surface area contributed by atoms with E-state index in [1.165, 1.54) is 13.4 Å². The molecule has 7 nitrogen and oxygen atoms in total. The summed E-state index contributed by atoms with van der Waals surface area (Å²) in [6.07, 6.45) is 1.50. The zero-order chi connectivity index (χ0) is 20.8. The Morgan fingerprint density at radius 1 is 1.28 bits per heavy atom. The number of hydrogen-bond acceptors (Lipinski definition) is 7. The summed E-state index contributed by atoms with van der Waals surface area (Å²) in [6, 6.07) is 14.7. The minimum absolute atomic E-state index is 0.0354. The first-order valence-corrected chi connectivity index (χ1v) is 9.75. The lowest BCUT2D eigenvalue weighted by Gasteiger charge is -2.28. The van der Waals surface area contributed by atoms with Gasteiger partial charge in [-0.1, -0.05) is 30.0 Å². The van der Waals surface area contributed by atoms with Crippen molar-refractivity contribution in [1.82, 2.24) is 5.32 Å². The molecule has 2 heterocycles. The first kappa shape index (κ1) is 20.3. The quantitative estimate of drug-likeness (QED) is 0.704. The summed E-state index contributed by atoms with van der Waals surface area (Å²) in [5.41, 5.74) is 1.90. The van der Waals surface area contributed by atoms with Crippen LogP contribution in [-0.4, -0.2) is 24.7 Å². The number of furan rings is 1. The summed E-state index contributed by atoms with van der Waals surface area (Å²) in [7, 11) is 1.31. The van der Waals surface area contributed by atoms with Crippen molar-refractivity contribution in [1.29, 1.82) is 5.26 Å². The number of nitriles is 1. The van der Waals surface area contributed by atoms with Crippen LogP contribution in [0.25, 0.3) is 0 Å². The highest BCUT2D eigenvalue weighted by Crippen LogP contribution is 2.41. The summed E-state index contributed by atoms with van der Waals surface area (Å²) in [4.78, 5) is 24.6. The molecule has 148 valence electrons. The van der Waals surface area contributed by atoms with E-state index in [0.717, 1.165) is 11.8 Å². The molecule has 0 fully saturated rings. The number of hydrogen-bond donors (Lipinski definition) is 2. The van der Waals surface area contributed by atoms with Crippen molar-refractivity contribution in [2.24, 2.45) is 0 Å². The molecule has 0 spiro atoms. The van der Waals surface area contributed by atoms with Crippen molar-refractivity contribution in [2.75, 3.05) is 18.2 Å². The SMILES string of the molecule is COC(=O)CSC1=C(C#N)C(c2ccco2)C(C(=O)Nc2ccccc2)=C(C)N1. The summed E-state index contributed by atoms with van der Waals surface area (Å²) in [5.74, 6) is -0.942. The molecule has 1 aliphatic heterocycles. The van der Waals surface area contributed by atoms with Crippen LogP contribution in [0.2, 0.25) is 0 Å². The molecule has 3 rings (SSSR count). The van der Waals surface area contributed by atoms with Gasteiger partial charge in [0.15, 0.2) is 0 Å². The Balaban J connectivity index is 1.98. The van der Waals surface area contributed by atoms with E-state index >= 15 is 0 Å². The zero-order valence-electron chi connectivity index (χ0n) is 15.9. The molecule has 8 heteroatoms. The van der Waals surface area contributed by atoms with Gasteiger partial charge in [-0.2, -0.15) is 5.26 Å². The number of nitrogens with zero attached hydrogens (tertiary/aromatic N) is 1. The highest BCUT2D eigenvalue weighted by atomic mass is 32.2. The standard InChI is InChI=1S/C21H19N3O4S/c1-13-18(20(26)24-14-7-4-3-5-8-14)19(16-9-6-10-28-16)15(11-22)21(23-13)29-12-17(25)27-2/h3-10,19,23H,12H2,1-2H3,(H,24,26). The molecule has 29 heavy (non-hydrogen) atoms. The van der Waals surface area contributed by atoms with Crippen LogP contribution < -0.4 is 10.6 Å². The Morgan fingerprint density at radius 3 is 2.66 bits per heavy atom. The van der Waals surface area contributed by atoms with Crippen LogP contribution in [0.15, 0.2) is 75.0 Å². The van der Waals surface area contributed by atoms with Crippen LogP contribution in [0.4, 0.5) is 5.69 Å². The predicted molar refractivity (Wildman–Crippen MR) is 109 cm³/mol. The maximum absolute atomic E-state index is 13.1. The second-order valence-corrected chi connectivity index (χ2v) is 7.14. The van der Waals surface area contributed by atoms with Gasteiger partial charge in [0.25, 0.3) is 5.91 Å². The summed E-state index contributed by atoms with van der Waals surface area (Å²) >= 11 is 1.15. The lowest BCUT2D eigenvalue weighted by molar-refractivity contribution is -0.137. The van der Waals surface area contributed by atoms with Crippen LogP contribution >= 0.6 is 11.8 Å². The second-order valence-electron chi connectivity index (χ2n) is 6.15. The lowest BCUT2D eigenvalue weighted by Crippen LogP contribution is -2.30. The van der Waals surface area contributed by atoms with Gasteiger partial charge in [0.2, 0.25) is 0 Å². The Kier molecular flexibility index (Phi) is 6.42. The van der Waals surface area contributed by atoms with Gasteiger partial charge in [0, 0.05) is 11.4 Å². The van der Waals surface area contributed by atoms with Gasteiger partial charge in [-0.25, -0.2) is 0 Å². The van der Waals surface area contributed by atoms with E-state index in [4.69, 9.17) is 4.42 Å². The fraction of sp³-hybridized carbons (Fsp3) is 0.190. The molecule has 1 aliphatic rings. The van der Waals surface area contributed by atoms with Crippen molar-refractivity contribution in [3.8, 4) is 6.07 Å². The zero-order valence-corrected chi connectivity index (χ0v) is 16.7. The molecule has 1 atom stereocenters. The number of esters is 1. The van der Waals surface area contributed by atoms with E-state index in [-0.39, 0.29) is 11.7 Å². The normalized spacial score (nSPS) is 16.1. The smallest absolute Gasteiger partial charge is 0.316 e. The summed E-state index contributed by atoms with van der Waals surface area (Å²) < 4.78 is 10.2. The third kappa shape index (κ3) is 4.52. The monoisotopic (exact) mass is 409 g/mol. The van der Waals surface area contributed by atoms with Crippen LogP contribution in [0, 0.1) is 11.3 Å². The molecule has 0 radical (unpaired) electrons. The van der Waals surface area contributed by atoms with Crippen molar-refractivity contribution >= 4 is 29.3 Å². The highest BCUT2D eigenvalue weighted by molar-refractivity contribution is 8.03. The highest BCUT2D eigenvalue weighted by Gasteiger charge is 2.36. The minimum Gasteiger partial charge on any atom is -0.468 e. The molecule has 1 amide bonds. The van der Waals surface area contributed by atoms with Gasteiger partial charge in [-0.3, -0.25) is 9.59 Å². The fourth-order valence-electron chi connectivity index (χ4n) is 2.98. The van der Waals surface area contributed by atoms with E-state index in [2.05, 4.69) is 21.4 Å². The van der Waals surface area contributed by atoms with Crippen molar-refractivity contribution < 1.29 is 18.7 Å². The summed E-state index contributed by atoms with van der Waals surface area (Å²) in [5, 5.41) is 16.3. The minimum atomic E-state index is -0.694. The van der Waals surface area contributed by atoms with Crippen LogP contribution in [-0.2, 0) is 14.3 Å². The van der Waals surface area contributed by atoms with Gasteiger partial charge in [0.1, 0.15) is 5.76 Å². The summed E-state index contributed by atoms with van der Waals surface area (Å²) in [6.45, 7) is 1.75. The van der Waals surface area contributed by atoms with Gasteiger partial charge in [-0.15, -0.1) is 0 Å². The van der Waals surface area contributed by atoms with E-state index in [1.54, 1.807) is 31.2 Å². The Hall–Kier alpha value is -3.44. The van der Waals surface area contributed by atoms with E-state index < -0.39 is 11.9 Å². The number of carbonyl (C=O) groups is 2. The van der Waals surface area contributed by atoms with E-state index in [0.29, 0.717) is 33.3 Å². The first-order chi connectivity index (χ1) is 14.0. The fourth-order valence-corrected chi connectivity index (χ4v) is 3.90. The largest absolute Gasteiger partial charge is 0.468 e. The van der Waals surface area contributed by atoms with Gasteiger partial charge < -0.3 is 19.8 Å². The first-order valence-electron chi connectivity index (χ1n) is 8.76. The molecule has 2 N–H and O–H groups in total. The molecule has 1 aromatic heterocycles. The predicted octanol–water partition coefficient (Wildman–Crippen LogP) is 3.52. The maximum Gasteiger partial charge on any atom is 0.316 e. The third-order valence-electron chi connectivity index (χ3n) is 4.31. The number of benzene rings is 1. The average Bonchev–Trinajstić information content (AvgIpc) is 3.26. The van der Waals surface area contributed by atoms with Crippen molar-refractivity contribution in [3.63, 3.8) is 0 Å². The number of amides is 1. The van der Waals surface area contributed by atoms with Crippen molar-refractivity contribution in [2.45, 2.75) is 12.8 Å². The number of para-hydroxylation sites is 1. The molecule has 0 saturated heterocycles. The van der Waals surface area contributed by atoms with Crippen LogP contribution in [0.5, 0.6) is 0 Å². The second kappa shape index (κ2) is 9.17. The molecule has 1 unspecified atom stereocenters. The average molecular weight is 409 g/mol. The molecular weight excluding hydrogens is 390 g/mol. The Labute approximate surface area is 172 Å². The number of allylic oxidation sites excluding steroid dienone is 2. The molecular formula is C21H19N3O4S. The number of thioether (sulfide) groups is 1. The maximum atomic E-state index is 13.1. The molecule has 0 saturated carbocycles. The van der Waals surface area contributed by atoms with Crippen LogP contribution in [0.1, 0.15) is 18.6 Å². The number of nitrogens with one attached hydrogen (secondary N) is 2. The number of rotatable bonds is 6. The number of dihydropyridines is 1. The number of carbonyl (C=O) groups excluding carboxylic acids is 2. The lowest BCUT2D eigenvalue weighted by atomic mass is 9.85. The van der Waals surface area contributed by atoms with Gasteiger partial charge >= 0.3 is 5.97 Å². The Morgan fingerprint density at radius 2 is 2.03 bits per heavy atom. The molecule has 1 aromatic carbocycles. The third-order valence-corrected chi connectivity index (χ3v) is 5.30. The number of methoxy groups -OCH3 is 1. The topological polar surface area (TPSA) is 104 Å². The molecule has 2 aromatic rings. The molecule has 0 aliphatic carbocycles. The van der Waals surface area contributed by atoms with Gasteiger partial charge in [-0.05, 0) is 31.2 Å². The van der Waals surface area contributed by atoms with Crippen molar-refractivity contribution in [3.05, 3.63) is 76.4 Å². The van der Waals surface area contributed by atoms with E-state index in [1.807, 2.05) is 18.2 Å². The van der Waals surface area contributed by atoms with Crippen LogP contribution in [0.3, 0.4) is 0 Å². The number of ether oxygens (including phenoxy) is 1. The number of anilines is 1.